The molecule has 0 aromatic rings. The van der Waals surface area contributed by atoms with E-state index in [2.05, 4.69) is 4.74 Å². The number of hydrogen-bond acceptors (Lipinski definition) is 4. The van der Waals surface area contributed by atoms with Gasteiger partial charge >= 0.3 is 52.9 Å². The van der Waals surface area contributed by atoms with Crippen LogP contribution in [-0.2, 0) is 19.6 Å². The minimum Gasteiger partial charge on any atom is -0.463 e. The monoisotopic (exact) mass is 639 g/mol. The second kappa shape index (κ2) is 10.3. The molecule has 1 unspecified atom stereocenters. The molecular weight excluding hydrogens is 625 g/mol. The summed E-state index contributed by atoms with van der Waals surface area (Å²) in [7, 11) is -7.98. The topological polar surface area (TPSA) is 63.7 Å². The Hall–Kier alpha value is -2.23. The smallest absolute Gasteiger partial charge is 0.460 e. The van der Waals surface area contributed by atoms with Crippen LogP contribution in [-0.4, -0.2) is 78.8 Å². The van der Waals surface area contributed by atoms with Crippen molar-refractivity contribution in [1.29, 1.82) is 0 Å². The van der Waals surface area contributed by atoms with E-state index in [-0.39, 0.29) is 0 Å². The largest absolute Gasteiger partial charge is 0.463 e. The van der Waals surface area contributed by atoms with E-state index in [1.54, 1.807) is 0 Å². The summed E-state index contributed by atoms with van der Waals surface area (Å²) >= 11 is 0. The first-order valence-electron chi connectivity index (χ1n) is 9.41. The molecule has 0 spiro atoms. The number of alkyl halides is 17. The molecule has 232 valence electrons. The van der Waals surface area contributed by atoms with E-state index in [4.69, 9.17) is 0 Å². The minimum atomic E-state index is -8.95. The van der Waals surface area contributed by atoms with Crippen molar-refractivity contribution in [3.63, 3.8) is 0 Å². The molecule has 0 radical (unpaired) electrons. The molecular formula is C16H14F17NO4S. The van der Waals surface area contributed by atoms with Gasteiger partial charge in [-0.1, -0.05) is 0 Å². The molecule has 0 N–H and O–H groups in total. The maximum absolute atomic E-state index is 14.9. The molecule has 1 atom stereocenters. The van der Waals surface area contributed by atoms with Crippen LogP contribution in [0.5, 0.6) is 0 Å². The van der Waals surface area contributed by atoms with Gasteiger partial charge in [-0.15, -0.1) is 0 Å². The Morgan fingerprint density at radius 3 is 1.33 bits per heavy atom. The lowest BCUT2D eigenvalue weighted by Crippen LogP contribution is -2.77. The lowest BCUT2D eigenvalue weighted by atomic mass is 9.91. The normalized spacial score (nSPS) is 17.1. The lowest BCUT2D eigenvalue weighted by molar-refractivity contribution is -0.450. The van der Waals surface area contributed by atoms with Gasteiger partial charge in [-0.2, -0.15) is 70.2 Å². The highest BCUT2D eigenvalue weighted by Crippen LogP contribution is 2.65. The molecule has 0 bridgehead atoms. The highest BCUT2D eigenvalue weighted by atomic mass is 32.2. The SMILES string of the molecule is CCOC(=O)C(C)=CN(CC)S(=O)(=O)C(F)(C(F)(F)F)C(F)(F)C(F)(F)C(F)(F)C(F)(F)C(F)(F)C(F)(F)F. The van der Waals surface area contributed by atoms with Crippen LogP contribution in [0.1, 0.15) is 20.8 Å². The van der Waals surface area contributed by atoms with Gasteiger partial charge in [-0.05, 0) is 20.8 Å². The van der Waals surface area contributed by atoms with Crippen molar-refractivity contribution in [2.45, 2.75) is 67.7 Å². The first-order valence-corrected chi connectivity index (χ1v) is 10.8. The predicted molar refractivity (Wildman–Crippen MR) is 92.4 cm³/mol. The van der Waals surface area contributed by atoms with Crippen LogP contribution < -0.4 is 0 Å². The number of ether oxygens (including phenoxy) is 1. The molecule has 0 amide bonds. The number of sulfonamides is 1. The Bertz CT molecular complexity index is 1050. The summed E-state index contributed by atoms with van der Waals surface area (Å²) in [6.45, 7) is -0.330. The molecule has 0 saturated carbocycles. The quantitative estimate of drug-likeness (QED) is 0.157. The van der Waals surface area contributed by atoms with Gasteiger partial charge in [0, 0.05) is 12.7 Å². The van der Waals surface area contributed by atoms with Crippen LogP contribution in [0.3, 0.4) is 0 Å². The van der Waals surface area contributed by atoms with Crippen molar-refractivity contribution >= 4 is 16.0 Å². The molecule has 0 aromatic heterocycles. The van der Waals surface area contributed by atoms with E-state index in [0.717, 1.165) is 6.92 Å². The van der Waals surface area contributed by atoms with Crippen molar-refractivity contribution in [2.24, 2.45) is 0 Å². The average Bonchev–Trinajstić information content (AvgIpc) is 2.74. The maximum Gasteiger partial charge on any atom is 0.460 e. The van der Waals surface area contributed by atoms with Crippen molar-refractivity contribution in [3.8, 4) is 0 Å². The minimum absolute atomic E-state index is 0.353. The third kappa shape index (κ3) is 5.18. The molecule has 0 aromatic carbocycles. The van der Waals surface area contributed by atoms with Gasteiger partial charge in [-0.25, -0.2) is 17.6 Å². The first kappa shape index (κ1) is 36.8. The van der Waals surface area contributed by atoms with Crippen molar-refractivity contribution in [2.75, 3.05) is 13.2 Å². The molecule has 0 saturated heterocycles. The summed E-state index contributed by atoms with van der Waals surface area (Å²) in [4.78, 5) is 11.5. The molecule has 0 aliphatic rings. The highest BCUT2D eigenvalue weighted by molar-refractivity contribution is 7.90. The van der Waals surface area contributed by atoms with Crippen molar-refractivity contribution < 1.29 is 92.6 Å². The Balaban J connectivity index is 7.55. The molecule has 39 heavy (non-hydrogen) atoms. The standard InChI is InChI=1S/C16H14F17NO4S/c1-4-34(6-7(3)8(35)38-5-2)39(36,37)14(27,16(31,32)33)12(23,24)10(19,20)9(17,18)11(21,22)13(25,26)15(28,29)30/h6H,4-5H2,1-3H3. The molecule has 0 rings (SSSR count). The van der Waals surface area contributed by atoms with Gasteiger partial charge in [0.2, 0.25) is 0 Å². The van der Waals surface area contributed by atoms with E-state index in [9.17, 15) is 87.8 Å². The fourth-order valence-electron chi connectivity index (χ4n) is 2.46. The van der Waals surface area contributed by atoms with Crippen LogP contribution in [0.25, 0.3) is 0 Å². The summed E-state index contributed by atoms with van der Waals surface area (Å²) in [6, 6.07) is 0. The fraction of sp³-hybridized carbons (Fsp3) is 0.812. The van der Waals surface area contributed by atoms with Crippen LogP contribution in [0.2, 0.25) is 0 Å². The van der Waals surface area contributed by atoms with E-state index in [1.165, 1.54) is 0 Å². The lowest BCUT2D eigenvalue weighted by Gasteiger charge is -2.44. The number of rotatable bonds is 11. The zero-order valence-corrected chi connectivity index (χ0v) is 19.7. The number of nitrogens with zero attached hydrogens (tertiary/aromatic N) is 1. The Labute approximate surface area is 206 Å². The number of carbonyl (C=O) groups excluding carboxylic acids is 1. The van der Waals surface area contributed by atoms with Gasteiger partial charge < -0.3 is 4.74 Å². The van der Waals surface area contributed by atoms with E-state index in [1.807, 2.05) is 0 Å². The van der Waals surface area contributed by atoms with Crippen LogP contribution in [0.4, 0.5) is 74.6 Å². The van der Waals surface area contributed by atoms with Gasteiger partial charge in [-0.3, -0.25) is 4.31 Å². The molecule has 0 fully saturated rings. The predicted octanol–water partition coefficient (Wildman–Crippen LogP) is 6.07. The molecule has 5 nitrogen and oxygen atoms in total. The zero-order valence-electron chi connectivity index (χ0n) is 18.9. The average molecular weight is 639 g/mol. The van der Waals surface area contributed by atoms with Gasteiger partial charge in [0.1, 0.15) is 0 Å². The Kier molecular flexibility index (Phi) is 9.72. The second-order valence-corrected chi connectivity index (χ2v) is 9.19. The second-order valence-electron chi connectivity index (χ2n) is 7.20. The Morgan fingerprint density at radius 2 is 1.03 bits per heavy atom. The first-order chi connectivity index (χ1) is 16.8. The van der Waals surface area contributed by atoms with E-state index >= 15 is 0 Å². The van der Waals surface area contributed by atoms with Crippen LogP contribution in [0, 0.1) is 0 Å². The molecule has 23 heteroatoms. The number of esters is 1. The van der Waals surface area contributed by atoms with Gasteiger partial charge in [0.25, 0.3) is 10.0 Å². The summed E-state index contributed by atoms with van der Waals surface area (Å²) in [5, 5.41) is -8.13. The van der Waals surface area contributed by atoms with Crippen LogP contribution >= 0.6 is 0 Å². The zero-order chi connectivity index (χ0) is 32.1. The van der Waals surface area contributed by atoms with Gasteiger partial charge in [0.15, 0.2) is 0 Å². The number of halogens is 17. The summed E-state index contributed by atoms with van der Waals surface area (Å²) < 4.78 is 256. The molecule has 0 aliphatic carbocycles. The molecule has 0 heterocycles. The van der Waals surface area contributed by atoms with Crippen molar-refractivity contribution in [3.05, 3.63) is 11.8 Å². The van der Waals surface area contributed by atoms with Crippen molar-refractivity contribution in [1.82, 2.24) is 4.31 Å². The summed E-state index contributed by atoms with van der Waals surface area (Å²) in [6.07, 6.45) is -16.4. The Morgan fingerprint density at radius 1 is 0.667 bits per heavy atom. The highest BCUT2D eigenvalue weighted by Gasteiger charge is 2.97. The molecule has 0 aliphatic heterocycles. The number of carbonyl (C=O) groups is 1. The summed E-state index contributed by atoms with van der Waals surface area (Å²) in [5.41, 5.74) is -1.19. The number of hydrogen-bond donors (Lipinski definition) is 0. The van der Waals surface area contributed by atoms with E-state index in [0.29, 0.717) is 13.8 Å². The van der Waals surface area contributed by atoms with Crippen LogP contribution in [0.15, 0.2) is 11.8 Å². The fourth-order valence-corrected chi connectivity index (χ4v) is 4.17. The third-order valence-electron chi connectivity index (χ3n) is 4.61. The maximum atomic E-state index is 14.9. The van der Waals surface area contributed by atoms with E-state index < -0.39 is 92.2 Å². The van der Waals surface area contributed by atoms with Gasteiger partial charge in [0.05, 0.1) is 12.2 Å². The summed E-state index contributed by atoms with van der Waals surface area (Å²) in [5.74, 6) is -45.4. The third-order valence-corrected chi connectivity index (χ3v) is 6.79.